The fourth-order valence-electron chi connectivity index (χ4n) is 3.32. The third-order valence-electron chi connectivity index (χ3n) is 4.81. The highest BCUT2D eigenvalue weighted by Gasteiger charge is 2.30. The molecular weight excluding hydrogens is 361 g/mol. The Morgan fingerprint density at radius 2 is 2.04 bits per heavy atom. The molecule has 7 heteroatoms. The standard InChI is InChI=1S/C21H24FN3O3/c1-21(2,3)28-20(26)25-9-8-15-17(11-25)23-12-24-19(15)27-18-7-6-14(22)10-16(18)13-4-5-13/h6-7,10,12-13H,4-5,8-9,11H2,1-3H3. The molecular formula is C21H24FN3O3. The van der Waals surface area contributed by atoms with Gasteiger partial charge in [-0.05, 0) is 64.2 Å². The summed E-state index contributed by atoms with van der Waals surface area (Å²) in [6.07, 6.45) is 3.76. The zero-order valence-electron chi connectivity index (χ0n) is 16.4. The quantitative estimate of drug-likeness (QED) is 0.774. The van der Waals surface area contributed by atoms with E-state index >= 15 is 0 Å². The van der Waals surface area contributed by atoms with Crippen LogP contribution in [0.25, 0.3) is 0 Å². The van der Waals surface area contributed by atoms with Gasteiger partial charge >= 0.3 is 6.09 Å². The van der Waals surface area contributed by atoms with E-state index < -0.39 is 5.60 Å². The maximum absolute atomic E-state index is 13.7. The van der Waals surface area contributed by atoms with E-state index in [9.17, 15) is 9.18 Å². The van der Waals surface area contributed by atoms with E-state index in [1.54, 1.807) is 17.0 Å². The highest BCUT2D eigenvalue weighted by atomic mass is 19.1. The van der Waals surface area contributed by atoms with Gasteiger partial charge < -0.3 is 14.4 Å². The minimum Gasteiger partial charge on any atom is -0.444 e. The molecule has 1 amide bonds. The molecule has 0 unspecified atom stereocenters. The van der Waals surface area contributed by atoms with Gasteiger partial charge in [-0.3, -0.25) is 0 Å². The van der Waals surface area contributed by atoms with Gasteiger partial charge in [0.05, 0.1) is 12.2 Å². The van der Waals surface area contributed by atoms with Crippen molar-refractivity contribution in [2.24, 2.45) is 0 Å². The van der Waals surface area contributed by atoms with Gasteiger partial charge in [-0.25, -0.2) is 19.2 Å². The van der Waals surface area contributed by atoms with Gasteiger partial charge in [0.25, 0.3) is 0 Å². The largest absolute Gasteiger partial charge is 0.444 e. The topological polar surface area (TPSA) is 64.5 Å². The first-order chi connectivity index (χ1) is 13.3. The van der Waals surface area contributed by atoms with Crippen molar-refractivity contribution in [3.05, 3.63) is 47.2 Å². The third kappa shape index (κ3) is 4.08. The van der Waals surface area contributed by atoms with Gasteiger partial charge in [0.1, 0.15) is 23.5 Å². The Morgan fingerprint density at radius 1 is 1.25 bits per heavy atom. The van der Waals surface area contributed by atoms with Gasteiger partial charge in [-0.1, -0.05) is 0 Å². The predicted octanol–water partition coefficient (Wildman–Crippen LogP) is 4.58. The second kappa shape index (κ2) is 7.04. The summed E-state index contributed by atoms with van der Waals surface area (Å²) in [4.78, 5) is 22.6. The Hall–Kier alpha value is -2.70. The van der Waals surface area contributed by atoms with E-state index in [1.165, 1.54) is 12.4 Å². The van der Waals surface area contributed by atoms with Crippen LogP contribution >= 0.6 is 0 Å². The monoisotopic (exact) mass is 385 g/mol. The van der Waals surface area contributed by atoms with Crippen LogP contribution in [-0.2, 0) is 17.7 Å². The van der Waals surface area contributed by atoms with Crippen molar-refractivity contribution in [3.8, 4) is 11.6 Å². The lowest BCUT2D eigenvalue weighted by molar-refractivity contribution is 0.0219. The minimum absolute atomic E-state index is 0.257. The molecule has 1 aliphatic heterocycles. The number of aromatic nitrogens is 2. The van der Waals surface area contributed by atoms with Gasteiger partial charge in [-0.2, -0.15) is 0 Å². The lowest BCUT2D eigenvalue weighted by atomic mass is 10.1. The summed E-state index contributed by atoms with van der Waals surface area (Å²) in [6, 6.07) is 4.61. The number of amides is 1. The molecule has 1 saturated carbocycles. The zero-order valence-corrected chi connectivity index (χ0v) is 16.4. The normalized spacial score (nSPS) is 16.5. The highest BCUT2D eigenvalue weighted by Crippen LogP contribution is 2.45. The molecule has 2 heterocycles. The van der Waals surface area contributed by atoms with E-state index in [-0.39, 0.29) is 11.9 Å². The van der Waals surface area contributed by atoms with E-state index in [4.69, 9.17) is 9.47 Å². The van der Waals surface area contributed by atoms with Crippen molar-refractivity contribution in [3.63, 3.8) is 0 Å². The van der Waals surface area contributed by atoms with E-state index in [2.05, 4.69) is 9.97 Å². The Balaban J connectivity index is 1.55. The molecule has 28 heavy (non-hydrogen) atoms. The second-order valence-corrected chi connectivity index (χ2v) is 8.31. The van der Waals surface area contributed by atoms with Crippen LogP contribution in [0.5, 0.6) is 11.6 Å². The van der Waals surface area contributed by atoms with Crippen LogP contribution in [0.4, 0.5) is 9.18 Å². The molecule has 2 aromatic rings. The average molecular weight is 385 g/mol. The number of fused-ring (bicyclic) bond motifs is 1. The van der Waals surface area contributed by atoms with Gasteiger partial charge in [0, 0.05) is 17.7 Å². The molecule has 0 atom stereocenters. The van der Waals surface area contributed by atoms with Crippen molar-refractivity contribution in [1.82, 2.24) is 14.9 Å². The van der Waals surface area contributed by atoms with Gasteiger partial charge in [0.2, 0.25) is 5.88 Å². The van der Waals surface area contributed by atoms with Crippen LogP contribution in [0, 0.1) is 5.82 Å². The molecule has 0 N–H and O–H groups in total. The number of hydrogen-bond donors (Lipinski definition) is 0. The molecule has 2 aliphatic rings. The number of carbonyl (C=O) groups is 1. The Bertz CT molecular complexity index is 906. The first-order valence-electron chi connectivity index (χ1n) is 9.58. The molecule has 1 aromatic heterocycles. The molecule has 6 nitrogen and oxygen atoms in total. The predicted molar refractivity (Wildman–Crippen MR) is 101 cm³/mol. The molecule has 0 bridgehead atoms. The van der Waals surface area contributed by atoms with Crippen molar-refractivity contribution in [2.75, 3.05) is 6.54 Å². The molecule has 148 valence electrons. The lowest BCUT2D eigenvalue weighted by Gasteiger charge is -2.31. The minimum atomic E-state index is -0.543. The fourth-order valence-corrected chi connectivity index (χ4v) is 3.32. The van der Waals surface area contributed by atoms with Crippen LogP contribution in [0.1, 0.15) is 56.4 Å². The molecule has 1 aliphatic carbocycles. The number of ether oxygens (including phenoxy) is 2. The summed E-state index contributed by atoms with van der Waals surface area (Å²) in [5.74, 6) is 1.21. The lowest BCUT2D eigenvalue weighted by Crippen LogP contribution is -2.40. The Morgan fingerprint density at radius 3 is 2.75 bits per heavy atom. The van der Waals surface area contributed by atoms with Crippen LogP contribution in [0.15, 0.2) is 24.5 Å². The fraction of sp³-hybridized carbons (Fsp3) is 0.476. The first-order valence-corrected chi connectivity index (χ1v) is 9.58. The van der Waals surface area contributed by atoms with Crippen LogP contribution < -0.4 is 4.74 Å². The van der Waals surface area contributed by atoms with Crippen LogP contribution in [0.2, 0.25) is 0 Å². The smallest absolute Gasteiger partial charge is 0.410 e. The molecule has 4 rings (SSSR count). The first kappa shape index (κ1) is 18.7. The Labute approximate surface area is 163 Å². The van der Waals surface area contributed by atoms with Crippen molar-refractivity contribution >= 4 is 6.09 Å². The van der Waals surface area contributed by atoms with Gasteiger partial charge in [-0.15, -0.1) is 0 Å². The summed E-state index contributed by atoms with van der Waals surface area (Å²) < 4.78 is 25.2. The number of halogens is 1. The Kier molecular flexibility index (Phi) is 4.69. The number of rotatable bonds is 3. The molecule has 0 saturated heterocycles. The van der Waals surface area contributed by atoms with Crippen LogP contribution in [-0.4, -0.2) is 33.1 Å². The molecule has 1 aromatic carbocycles. The number of benzene rings is 1. The zero-order chi connectivity index (χ0) is 19.9. The van der Waals surface area contributed by atoms with Crippen LogP contribution in [0.3, 0.4) is 0 Å². The maximum atomic E-state index is 13.7. The van der Waals surface area contributed by atoms with Gasteiger partial charge in [0.15, 0.2) is 0 Å². The molecule has 0 spiro atoms. The number of nitrogens with zero attached hydrogens (tertiary/aromatic N) is 3. The van der Waals surface area contributed by atoms with E-state index in [1.807, 2.05) is 20.8 Å². The summed E-state index contributed by atoms with van der Waals surface area (Å²) in [5, 5.41) is 0. The SMILES string of the molecule is CC(C)(C)OC(=O)N1CCc2c(ncnc2Oc2ccc(F)cc2C2CC2)C1. The summed E-state index contributed by atoms with van der Waals surface area (Å²) in [7, 11) is 0. The summed E-state index contributed by atoms with van der Waals surface area (Å²) >= 11 is 0. The highest BCUT2D eigenvalue weighted by molar-refractivity contribution is 5.68. The van der Waals surface area contributed by atoms with E-state index in [0.717, 1.165) is 29.7 Å². The molecule has 1 fully saturated rings. The summed E-state index contributed by atoms with van der Waals surface area (Å²) in [6.45, 7) is 6.39. The number of carbonyl (C=O) groups excluding carboxylic acids is 1. The van der Waals surface area contributed by atoms with E-state index in [0.29, 0.717) is 37.1 Å². The van der Waals surface area contributed by atoms with Crippen molar-refractivity contribution < 1.29 is 18.7 Å². The second-order valence-electron chi connectivity index (χ2n) is 8.31. The van der Waals surface area contributed by atoms with Crippen molar-refractivity contribution in [2.45, 2.75) is 58.1 Å². The van der Waals surface area contributed by atoms with Crippen molar-refractivity contribution in [1.29, 1.82) is 0 Å². The molecule has 0 radical (unpaired) electrons. The maximum Gasteiger partial charge on any atom is 0.410 e. The average Bonchev–Trinajstić information content (AvgIpc) is 3.46. The summed E-state index contributed by atoms with van der Waals surface area (Å²) in [5.41, 5.74) is 1.98. The number of hydrogen-bond acceptors (Lipinski definition) is 5. The third-order valence-corrected chi connectivity index (χ3v) is 4.81.